The van der Waals surface area contributed by atoms with E-state index in [-0.39, 0.29) is 29.1 Å². The van der Waals surface area contributed by atoms with Crippen LogP contribution >= 0.6 is 0 Å². The molecule has 10 nitrogen and oxygen atoms in total. The standard InChI is InChI=1S/C21H29N7O3/c1-21(2,25-3)18(23)11-7-8-26(10-11)14-9-13(22)15-16(17(14)31-4)27(12-5-6-12)20(30)28(24)19(15)29/h9,11-12,18H,5-8,10,22-24H2,1-2,4H3. The molecular weight excluding hydrogens is 398 g/mol. The van der Waals surface area contributed by atoms with Crippen molar-refractivity contribution in [3.8, 4) is 5.75 Å². The van der Waals surface area contributed by atoms with Gasteiger partial charge in [0, 0.05) is 44.6 Å². The zero-order valence-corrected chi connectivity index (χ0v) is 18.1. The van der Waals surface area contributed by atoms with E-state index in [9.17, 15) is 9.59 Å². The van der Waals surface area contributed by atoms with E-state index in [0.29, 0.717) is 34.7 Å². The average molecular weight is 428 g/mol. The molecule has 2 fully saturated rings. The molecule has 31 heavy (non-hydrogen) atoms. The average Bonchev–Trinajstić information content (AvgIpc) is 3.46. The Morgan fingerprint density at radius 2 is 1.97 bits per heavy atom. The van der Waals surface area contributed by atoms with Crippen LogP contribution in [0.4, 0.5) is 11.4 Å². The number of hydrogen-bond donors (Lipinski definition) is 3. The van der Waals surface area contributed by atoms with E-state index < -0.39 is 16.8 Å². The van der Waals surface area contributed by atoms with Crippen LogP contribution in [0.15, 0.2) is 15.7 Å². The summed E-state index contributed by atoms with van der Waals surface area (Å²) in [7, 11) is 1.52. The highest BCUT2D eigenvalue weighted by Crippen LogP contribution is 2.44. The molecule has 2 aliphatic rings. The molecule has 166 valence electrons. The van der Waals surface area contributed by atoms with Crippen molar-refractivity contribution < 1.29 is 4.74 Å². The zero-order valence-electron chi connectivity index (χ0n) is 18.1. The summed E-state index contributed by atoms with van der Waals surface area (Å²) in [6, 6.07) is 1.39. The number of nitrogens with two attached hydrogens (primary N) is 3. The summed E-state index contributed by atoms with van der Waals surface area (Å²) in [5.74, 6) is 6.32. The summed E-state index contributed by atoms with van der Waals surface area (Å²) < 4.78 is 7.91. The lowest BCUT2D eigenvalue weighted by molar-refractivity contribution is 0.355. The van der Waals surface area contributed by atoms with Crippen LogP contribution in [0.5, 0.6) is 5.75 Å². The van der Waals surface area contributed by atoms with Gasteiger partial charge in [0.05, 0.1) is 24.2 Å². The van der Waals surface area contributed by atoms with Gasteiger partial charge in [-0.1, -0.05) is 0 Å². The minimum absolute atomic E-state index is 0.0341. The Balaban J connectivity index is 1.87. The number of nitrogen functional groups attached to an aromatic ring is 2. The van der Waals surface area contributed by atoms with Gasteiger partial charge in [-0.15, -0.1) is 0 Å². The molecule has 4 rings (SSSR count). The first-order chi connectivity index (χ1) is 14.6. The van der Waals surface area contributed by atoms with Crippen LogP contribution in [0, 0.1) is 12.5 Å². The summed E-state index contributed by atoms with van der Waals surface area (Å²) in [5.41, 5.74) is 12.2. The smallest absolute Gasteiger partial charge is 0.350 e. The number of aromatic nitrogens is 2. The van der Waals surface area contributed by atoms with Gasteiger partial charge in [0.1, 0.15) is 5.52 Å². The van der Waals surface area contributed by atoms with Gasteiger partial charge in [-0.3, -0.25) is 9.36 Å². The molecule has 0 bridgehead atoms. The van der Waals surface area contributed by atoms with Gasteiger partial charge in [0.15, 0.2) is 5.75 Å². The molecule has 1 saturated heterocycles. The molecule has 1 aliphatic carbocycles. The minimum Gasteiger partial charge on any atom is -0.492 e. The Hall–Kier alpha value is -3.19. The van der Waals surface area contributed by atoms with Gasteiger partial charge in [-0.25, -0.2) is 11.4 Å². The number of methoxy groups -OCH3 is 1. The van der Waals surface area contributed by atoms with Crippen molar-refractivity contribution in [2.75, 3.05) is 36.7 Å². The lowest BCUT2D eigenvalue weighted by Crippen LogP contribution is -2.47. The second kappa shape index (κ2) is 7.20. The second-order valence-electron chi connectivity index (χ2n) is 9.09. The third-order valence-corrected chi connectivity index (χ3v) is 6.64. The monoisotopic (exact) mass is 427 g/mol. The number of hydrogen-bond acceptors (Lipinski definition) is 7. The Bertz CT molecular complexity index is 1200. The first kappa shape index (κ1) is 21.1. The Labute approximate surface area is 179 Å². The molecule has 10 heteroatoms. The van der Waals surface area contributed by atoms with E-state index in [0.717, 1.165) is 19.3 Å². The third-order valence-electron chi connectivity index (χ3n) is 6.64. The van der Waals surface area contributed by atoms with Gasteiger partial charge >= 0.3 is 5.69 Å². The predicted molar refractivity (Wildman–Crippen MR) is 121 cm³/mol. The van der Waals surface area contributed by atoms with Gasteiger partial charge in [0.2, 0.25) is 5.54 Å². The van der Waals surface area contributed by atoms with E-state index >= 15 is 0 Å². The first-order valence-corrected chi connectivity index (χ1v) is 10.4. The van der Waals surface area contributed by atoms with E-state index in [1.807, 2.05) is 13.8 Å². The number of ether oxygens (including phenoxy) is 1. The highest BCUT2D eigenvalue weighted by Gasteiger charge is 2.42. The number of anilines is 2. The Morgan fingerprint density at radius 3 is 2.55 bits per heavy atom. The quantitative estimate of drug-likeness (QED) is 0.362. The molecule has 0 amide bonds. The van der Waals surface area contributed by atoms with Crippen LogP contribution in [0.1, 0.15) is 39.2 Å². The topological polar surface area (TPSA) is 139 Å². The van der Waals surface area contributed by atoms with Crippen LogP contribution in [0.25, 0.3) is 15.7 Å². The molecule has 6 N–H and O–H groups in total. The van der Waals surface area contributed by atoms with Crippen LogP contribution in [-0.4, -0.2) is 41.0 Å². The lowest BCUT2D eigenvalue weighted by Gasteiger charge is -2.27. The molecule has 1 aromatic carbocycles. The van der Waals surface area contributed by atoms with E-state index in [1.165, 1.54) is 11.7 Å². The van der Waals surface area contributed by atoms with E-state index in [1.54, 1.807) is 6.07 Å². The highest BCUT2D eigenvalue weighted by atomic mass is 16.5. The molecule has 2 atom stereocenters. The normalized spacial score (nSPS) is 20.1. The molecule has 2 aromatic rings. The molecule has 1 aliphatic heterocycles. The maximum atomic E-state index is 12.8. The number of benzene rings is 1. The summed E-state index contributed by atoms with van der Waals surface area (Å²) in [5, 5.41) is 0.191. The molecular formula is C21H29N7O3. The molecule has 1 saturated carbocycles. The summed E-state index contributed by atoms with van der Waals surface area (Å²) in [4.78, 5) is 31.4. The van der Waals surface area contributed by atoms with Crippen LogP contribution in [0.3, 0.4) is 0 Å². The fourth-order valence-electron chi connectivity index (χ4n) is 4.59. The minimum atomic E-state index is -0.661. The fourth-order valence-corrected chi connectivity index (χ4v) is 4.59. The molecule has 1 aromatic heterocycles. The van der Waals surface area contributed by atoms with Crippen molar-refractivity contribution in [3.63, 3.8) is 0 Å². The SMILES string of the molecule is [C-]#[N+]C(C)(C)C(N)C1CCN(c2cc(N)c3c(=O)n(N)c(=O)n(C4CC4)c3c2OC)C1. The maximum absolute atomic E-state index is 12.8. The largest absolute Gasteiger partial charge is 0.492 e. The third kappa shape index (κ3) is 3.20. The van der Waals surface area contributed by atoms with Crippen molar-refractivity contribution in [1.29, 1.82) is 0 Å². The predicted octanol–water partition coefficient (Wildman–Crippen LogP) is 0.654. The van der Waals surface area contributed by atoms with Crippen LogP contribution < -0.4 is 38.2 Å². The summed E-state index contributed by atoms with van der Waals surface area (Å²) >= 11 is 0. The Kier molecular flexibility index (Phi) is 4.89. The maximum Gasteiger partial charge on any atom is 0.350 e. The second-order valence-corrected chi connectivity index (χ2v) is 9.09. The molecule has 0 radical (unpaired) electrons. The van der Waals surface area contributed by atoms with Crippen molar-refractivity contribution in [1.82, 2.24) is 9.24 Å². The summed E-state index contributed by atoms with van der Waals surface area (Å²) in [6.07, 6.45) is 2.47. The first-order valence-electron chi connectivity index (χ1n) is 10.4. The molecule has 2 unspecified atom stereocenters. The van der Waals surface area contributed by atoms with E-state index in [2.05, 4.69) is 9.74 Å². The fraction of sp³-hybridized carbons (Fsp3) is 0.571. The van der Waals surface area contributed by atoms with Crippen LogP contribution in [0.2, 0.25) is 0 Å². The summed E-state index contributed by atoms with van der Waals surface area (Å²) in [6.45, 7) is 12.5. The highest BCUT2D eigenvalue weighted by molar-refractivity contribution is 5.99. The zero-order chi connectivity index (χ0) is 22.7. The van der Waals surface area contributed by atoms with E-state index in [4.69, 9.17) is 28.6 Å². The van der Waals surface area contributed by atoms with Crippen molar-refractivity contribution in [3.05, 3.63) is 38.3 Å². The van der Waals surface area contributed by atoms with Gasteiger partial charge in [-0.2, -0.15) is 4.68 Å². The van der Waals surface area contributed by atoms with Crippen molar-refractivity contribution in [2.24, 2.45) is 11.7 Å². The number of rotatable bonds is 5. The van der Waals surface area contributed by atoms with Gasteiger partial charge in [-0.05, 0) is 25.3 Å². The number of nitrogens with zero attached hydrogens (tertiary/aromatic N) is 4. The van der Waals surface area contributed by atoms with Gasteiger partial charge < -0.3 is 31.8 Å². The van der Waals surface area contributed by atoms with Crippen molar-refractivity contribution in [2.45, 2.75) is 50.7 Å². The molecule has 0 spiro atoms. The lowest BCUT2D eigenvalue weighted by atomic mass is 9.85. The van der Waals surface area contributed by atoms with Crippen molar-refractivity contribution >= 4 is 22.3 Å². The van der Waals surface area contributed by atoms with Gasteiger partial charge in [0.25, 0.3) is 5.56 Å². The number of fused-ring (bicyclic) bond motifs is 1. The Morgan fingerprint density at radius 1 is 1.29 bits per heavy atom. The molecule has 2 heterocycles. The van der Waals surface area contributed by atoms with Crippen LogP contribution in [-0.2, 0) is 0 Å².